The van der Waals surface area contributed by atoms with Crippen molar-refractivity contribution in [2.75, 3.05) is 13.7 Å². The lowest BCUT2D eigenvalue weighted by Crippen LogP contribution is -2.26. The molecule has 0 N–H and O–H groups in total. The van der Waals surface area contributed by atoms with E-state index >= 15 is 0 Å². The zero-order valence-electron chi connectivity index (χ0n) is 15.3. The van der Waals surface area contributed by atoms with Crippen LogP contribution in [0.5, 0.6) is 0 Å². The molecule has 28 heavy (non-hydrogen) atoms. The summed E-state index contributed by atoms with van der Waals surface area (Å²) in [6, 6.07) is 9.99. The summed E-state index contributed by atoms with van der Waals surface area (Å²) in [5, 5.41) is 0.179. The molecule has 0 aliphatic carbocycles. The Hall–Kier alpha value is -2.58. The molecule has 146 valence electrons. The quantitative estimate of drug-likeness (QED) is 0.342. The fourth-order valence-corrected chi connectivity index (χ4v) is 3.72. The van der Waals surface area contributed by atoms with Gasteiger partial charge in [-0.1, -0.05) is 23.9 Å². The Morgan fingerprint density at radius 3 is 2.68 bits per heavy atom. The highest BCUT2D eigenvalue weighted by molar-refractivity contribution is 8.00. The Bertz CT molecular complexity index is 1080. The standard InChI is InChI=1S/C20H18F2N2O3S/c1-12(18(25)13-7-8-15(21)16(22)11-13)28-20-23-17-6-4-3-5-14(17)19(26)24(20)9-10-27-2/h3-8,11-12H,9-10H2,1-2H3/t12-/m1/s1. The summed E-state index contributed by atoms with van der Waals surface area (Å²) < 4.78 is 33.1. The maximum atomic E-state index is 13.5. The zero-order valence-corrected chi connectivity index (χ0v) is 16.1. The van der Waals surface area contributed by atoms with Gasteiger partial charge in [0.15, 0.2) is 22.6 Å². The zero-order chi connectivity index (χ0) is 20.3. The summed E-state index contributed by atoms with van der Waals surface area (Å²) in [5.74, 6) is -2.48. The van der Waals surface area contributed by atoms with Gasteiger partial charge in [-0.05, 0) is 37.3 Å². The average Bonchev–Trinajstić information content (AvgIpc) is 2.69. The SMILES string of the molecule is COCCn1c(S[C@H](C)C(=O)c2ccc(F)c(F)c2)nc2ccccc2c1=O. The van der Waals surface area contributed by atoms with Gasteiger partial charge in [-0.15, -0.1) is 0 Å². The van der Waals surface area contributed by atoms with E-state index in [0.717, 1.165) is 23.9 Å². The minimum absolute atomic E-state index is 0.0606. The van der Waals surface area contributed by atoms with Crippen molar-refractivity contribution in [1.82, 2.24) is 9.55 Å². The number of thioether (sulfide) groups is 1. The monoisotopic (exact) mass is 404 g/mol. The van der Waals surface area contributed by atoms with Crippen LogP contribution in [0.2, 0.25) is 0 Å². The van der Waals surface area contributed by atoms with E-state index in [2.05, 4.69) is 4.98 Å². The molecule has 0 fully saturated rings. The van der Waals surface area contributed by atoms with Crippen molar-refractivity contribution < 1.29 is 18.3 Å². The number of carbonyl (C=O) groups is 1. The lowest BCUT2D eigenvalue weighted by Gasteiger charge is -2.16. The van der Waals surface area contributed by atoms with Crippen molar-refractivity contribution in [3.8, 4) is 0 Å². The highest BCUT2D eigenvalue weighted by atomic mass is 32.2. The van der Waals surface area contributed by atoms with Crippen molar-refractivity contribution in [2.45, 2.75) is 23.9 Å². The van der Waals surface area contributed by atoms with Crippen LogP contribution in [0.4, 0.5) is 8.78 Å². The number of rotatable bonds is 7. The molecule has 1 heterocycles. The topological polar surface area (TPSA) is 61.2 Å². The molecule has 0 saturated heterocycles. The fourth-order valence-electron chi connectivity index (χ4n) is 2.71. The first-order valence-corrected chi connectivity index (χ1v) is 9.44. The number of hydrogen-bond donors (Lipinski definition) is 0. The number of Topliss-reactive ketones (excluding diaryl/α,β-unsaturated/α-hetero) is 1. The number of halogens is 2. The summed E-state index contributed by atoms with van der Waals surface area (Å²) in [6.45, 7) is 2.22. The number of fused-ring (bicyclic) bond motifs is 1. The first-order chi connectivity index (χ1) is 13.4. The van der Waals surface area contributed by atoms with E-state index in [1.54, 1.807) is 31.2 Å². The lowest BCUT2D eigenvalue weighted by molar-refractivity contribution is 0.0993. The largest absolute Gasteiger partial charge is 0.383 e. The van der Waals surface area contributed by atoms with E-state index in [0.29, 0.717) is 22.7 Å². The fraction of sp³-hybridized carbons (Fsp3) is 0.250. The molecule has 1 aromatic heterocycles. The number of benzene rings is 2. The van der Waals surface area contributed by atoms with Crippen molar-refractivity contribution in [3.05, 3.63) is 70.0 Å². The first-order valence-electron chi connectivity index (χ1n) is 8.57. The summed E-state index contributed by atoms with van der Waals surface area (Å²) in [6.07, 6.45) is 0. The Morgan fingerprint density at radius 1 is 1.21 bits per heavy atom. The van der Waals surface area contributed by atoms with Gasteiger partial charge in [0.05, 0.1) is 29.3 Å². The molecule has 0 amide bonds. The third-order valence-corrected chi connectivity index (χ3v) is 5.29. The van der Waals surface area contributed by atoms with Crippen molar-refractivity contribution in [2.24, 2.45) is 0 Å². The highest BCUT2D eigenvalue weighted by Crippen LogP contribution is 2.25. The van der Waals surface area contributed by atoms with Crippen LogP contribution in [0.25, 0.3) is 10.9 Å². The molecule has 5 nitrogen and oxygen atoms in total. The Labute approximate surface area is 164 Å². The molecule has 0 bridgehead atoms. The molecule has 0 aliphatic rings. The maximum Gasteiger partial charge on any atom is 0.262 e. The van der Waals surface area contributed by atoms with Crippen LogP contribution in [0.15, 0.2) is 52.4 Å². The number of aromatic nitrogens is 2. The molecule has 0 spiro atoms. The Morgan fingerprint density at radius 2 is 1.96 bits per heavy atom. The minimum atomic E-state index is -1.08. The highest BCUT2D eigenvalue weighted by Gasteiger charge is 2.21. The molecule has 0 aliphatic heterocycles. The van der Waals surface area contributed by atoms with Crippen LogP contribution in [0.3, 0.4) is 0 Å². The summed E-state index contributed by atoms with van der Waals surface area (Å²) in [5.41, 5.74) is 0.360. The van der Waals surface area contributed by atoms with E-state index in [1.165, 1.54) is 17.7 Å². The van der Waals surface area contributed by atoms with E-state index in [-0.39, 0.29) is 23.5 Å². The normalized spacial score (nSPS) is 12.3. The van der Waals surface area contributed by atoms with Gasteiger partial charge in [0.2, 0.25) is 0 Å². The van der Waals surface area contributed by atoms with E-state index in [4.69, 9.17) is 4.74 Å². The number of para-hydroxylation sites is 1. The van der Waals surface area contributed by atoms with Gasteiger partial charge in [0, 0.05) is 12.7 Å². The van der Waals surface area contributed by atoms with Crippen LogP contribution >= 0.6 is 11.8 Å². The average molecular weight is 404 g/mol. The predicted octanol–water partition coefficient (Wildman–Crippen LogP) is 3.68. The Balaban J connectivity index is 1.96. The van der Waals surface area contributed by atoms with Crippen molar-refractivity contribution in [3.63, 3.8) is 0 Å². The van der Waals surface area contributed by atoms with Crippen LogP contribution in [-0.2, 0) is 11.3 Å². The van der Waals surface area contributed by atoms with Crippen molar-refractivity contribution >= 4 is 28.4 Å². The van der Waals surface area contributed by atoms with Gasteiger partial charge < -0.3 is 4.74 Å². The predicted molar refractivity (Wildman–Crippen MR) is 104 cm³/mol. The molecular weight excluding hydrogens is 386 g/mol. The van der Waals surface area contributed by atoms with Crippen LogP contribution < -0.4 is 5.56 Å². The second kappa shape index (κ2) is 8.62. The summed E-state index contributed by atoms with van der Waals surface area (Å²) >= 11 is 1.09. The van der Waals surface area contributed by atoms with Gasteiger partial charge in [-0.2, -0.15) is 0 Å². The summed E-state index contributed by atoms with van der Waals surface area (Å²) in [4.78, 5) is 30.0. The molecule has 0 saturated carbocycles. The first kappa shape index (κ1) is 20.2. The summed E-state index contributed by atoms with van der Waals surface area (Å²) in [7, 11) is 1.53. The van der Waals surface area contributed by atoms with E-state index in [1.807, 2.05) is 0 Å². The third-order valence-electron chi connectivity index (χ3n) is 4.20. The van der Waals surface area contributed by atoms with Gasteiger partial charge >= 0.3 is 0 Å². The maximum absolute atomic E-state index is 13.5. The molecule has 1 atom stereocenters. The number of ether oxygens (including phenoxy) is 1. The van der Waals surface area contributed by atoms with Gasteiger partial charge in [-0.3, -0.25) is 14.2 Å². The number of nitrogens with zero attached hydrogens (tertiary/aromatic N) is 2. The minimum Gasteiger partial charge on any atom is -0.383 e. The van der Waals surface area contributed by atoms with E-state index in [9.17, 15) is 18.4 Å². The van der Waals surface area contributed by atoms with Crippen LogP contribution in [0.1, 0.15) is 17.3 Å². The molecule has 2 aromatic carbocycles. The van der Waals surface area contributed by atoms with Gasteiger partial charge in [0.1, 0.15) is 0 Å². The second-order valence-corrected chi connectivity index (χ2v) is 7.42. The smallest absolute Gasteiger partial charge is 0.262 e. The number of ketones is 1. The van der Waals surface area contributed by atoms with Gasteiger partial charge in [0.25, 0.3) is 5.56 Å². The number of methoxy groups -OCH3 is 1. The van der Waals surface area contributed by atoms with Crippen molar-refractivity contribution in [1.29, 1.82) is 0 Å². The molecule has 8 heteroatoms. The number of carbonyl (C=O) groups excluding carboxylic acids is 1. The molecule has 3 rings (SSSR count). The van der Waals surface area contributed by atoms with Crippen LogP contribution in [-0.4, -0.2) is 34.3 Å². The molecular formula is C20H18F2N2O3S. The molecule has 3 aromatic rings. The molecule has 0 radical (unpaired) electrons. The molecule has 0 unspecified atom stereocenters. The lowest BCUT2D eigenvalue weighted by atomic mass is 10.1. The van der Waals surface area contributed by atoms with Gasteiger partial charge in [-0.25, -0.2) is 13.8 Å². The Kier molecular flexibility index (Phi) is 6.21. The van der Waals surface area contributed by atoms with Crippen LogP contribution in [0, 0.1) is 11.6 Å². The number of hydrogen-bond acceptors (Lipinski definition) is 5. The third kappa shape index (κ3) is 4.13. The second-order valence-electron chi connectivity index (χ2n) is 6.11. The van der Waals surface area contributed by atoms with E-state index < -0.39 is 16.9 Å².